The van der Waals surface area contributed by atoms with Crippen LogP contribution in [0.25, 0.3) is 0 Å². The van der Waals surface area contributed by atoms with Gasteiger partial charge in [-0.15, -0.1) is 0 Å². The smallest absolute Gasteiger partial charge is 0.230 e. The first kappa shape index (κ1) is 13.5. The van der Waals surface area contributed by atoms with Crippen molar-refractivity contribution in [2.75, 3.05) is 26.2 Å². The summed E-state index contributed by atoms with van der Waals surface area (Å²) in [6.07, 6.45) is 1.99. The average molecular weight is 228 g/mol. The molecule has 2 N–H and O–H groups in total. The van der Waals surface area contributed by atoms with Crippen molar-refractivity contribution in [1.82, 2.24) is 10.2 Å². The van der Waals surface area contributed by atoms with Crippen molar-refractivity contribution in [3.63, 3.8) is 0 Å². The number of piperidine rings is 1. The fourth-order valence-electron chi connectivity index (χ4n) is 2.29. The van der Waals surface area contributed by atoms with Crippen LogP contribution in [-0.2, 0) is 4.79 Å². The molecule has 94 valence electrons. The Hall–Kier alpha value is -0.610. The monoisotopic (exact) mass is 228 g/mol. The van der Waals surface area contributed by atoms with Gasteiger partial charge in [-0.25, -0.2) is 0 Å². The topological polar surface area (TPSA) is 52.6 Å². The van der Waals surface area contributed by atoms with Crippen molar-refractivity contribution in [2.24, 2.45) is 5.41 Å². The molecule has 4 heteroatoms. The fraction of sp³-hybridized carbons (Fsp3) is 0.917. The quantitative estimate of drug-likeness (QED) is 0.741. The Morgan fingerprint density at radius 1 is 1.56 bits per heavy atom. The van der Waals surface area contributed by atoms with E-state index in [0.717, 1.165) is 25.9 Å². The third kappa shape index (κ3) is 2.95. The van der Waals surface area contributed by atoms with Crippen LogP contribution < -0.4 is 5.32 Å². The SMILES string of the molecule is CC(C)N(CCO)C(=O)C1(C)CCCNC1. The lowest BCUT2D eigenvalue weighted by atomic mass is 9.81. The summed E-state index contributed by atoms with van der Waals surface area (Å²) in [6.45, 7) is 8.24. The molecule has 16 heavy (non-hydrogen) atoms. The normalized spacial score (nSPS) is 25.8. The Morgan fingerprint density at radius 3 is 2.69 bits per heavy atom. The lowest BCUT2D eigenvalue weighted by Gasteiger charge is -2.39. The van der Waals surface area contributed by atoms with Gasteiger partial charge >= 0.3 is 0 Å². The molecular weight excluding hydrogens is 204 g/mol. The van der Waals surface area contributed by atoms with Gasteiger partial charge < -0.3 is 15.3 Å². The summed E-state index contributed by atoms with van der Waals surface area (Å²) < 4.78 is 0. The summed E-state index contributed by atoms with van der Waals surface area (Å²) in [7, 11) is 0. The molecule has 1 amide bonds. The Bertz CT molecular complexity index is 235. The lowest BCUT2D eigenvalue weighted by molar-refractivity contribution is -0.144. The standard InChI is InChI=1S/C12H24N2O2/c1-10(2)14(7-8-15)11(16)12(3)5-4-6-13-9-12/h10,13,15H,4-9H2,1-3H3. The molecule has 0 aromatic carbocycles. The molecule has 1 unspecified atom stereocenters. The van der Waals surface area contributed by atoms with Crippen LogP contribution in [0, 0.1) is 5.41 Å². The van der Waals surface area contributed by atoms with Gasteiger partial charge in [0, 0.05) is 19.1 Å². The summed E-state index contributed by atoms with van der Waals surface area (Å²) >= 11 is 0. The zero-order chi connectivity index (χ0) is 12.2. The van der Waals surface area contributed by atoms with Crippen LogP contribution in [0.2, 0.25) is 0 Å². The van der Waals surface area contributed by atoms with E-state index in [1.54, 1.807) is 4.90 Å². The fourth-order valence-corrected chi connectivity index (χ4v) is 2.29. The third-order valence-electron chi connectivity index (χ3n) is 3.34. The number of aliphatic hydroxyl groups is 1. The number of hydrogen-bond acceptors (Lipinski definition) is 3. The van der Waals surface area contributed by atoms with Gasteiger partial charge in [-0.05, 0) is 40.2 Å². The van der Waals surface area contributed by atoms with Gasteiger partial charge in [0.05, 0.1) is 12.0 Å². The second-order valence-electron chi connectivity index (χ2n) is 5.16. The molecule has 1 saturated heterocycles. The Balaban J connectivity index is 2.72. The van der Waals surface area contributed by atoms with Gasteiger partial charge in [0.25, 0.3) is 0 Å². The van der Waals surface area contributed by atoms with E-state index in [2.05, 4.69) is 5.32 Å². The van der Waals surface area contributed by atoms with Gasteiger partial charge in [0.2, 0.25) is 5.91 Å². The number of hydrogen-bond donors (Lipinski definition) is 2. The van der Waals surface area contributed by atoms with E-state index in [4.69, 9.17) is 5.11 Å². The summed E-state index contributed by atoms with van der Waals surface area (Å²) in [6, 6.07) is 0.151. The number of aliphatic hydroxyl groups excluding tert-OH is 1. The molecule has 1 aliphatic rings. The molecule has 4 nitrogen and oxygen atoms in total. The van der Waals surface area contributed by atoms with E-state index in [1.165, 1.54) is 0 Å². The zero-order valence-electron chi connectivity index (χ0n) is 10.6. The minimum atomic E-state index is -0.294. The van der Waals surface area contributed by atoms with Crippen LogP contribution in [-0.4, -0.2) is 48.2 Å². The van der Waals surface area contributed by atoms with Crippen molar-refractivity contribution in [2.45, 2.75) is 39.7 Å². The van der Waals surface area contributed by atoms with Crippen LogP contribution in [0.4, 0.5) is 0 Å². The first-order valence-corrected chi connectivity index (χ1v) is 6.14. The third-order valence-corrected chi connectivity index (χ3v) is 3.34. The largest absolute Gasteiger partial charge is 0.395 e. The Labute approximate surface area is 98.0 Å². The summed E-state index contributed by atoms with van der Waals surface area (Å²) in [4.78, 5) is 14.2. The van der Waals surface area contributed by atoms with Gasteiger partial charge in [0.15, 0.2) is 0 Å². The van der Waals surface area contributed by atoms with E-state index >= 15 is 0 Å². The molecule has 1 atom stereocenters. The minimum absolute atomic E-state index is 0.0351. The van der Waals surface area contributed by atoms with E-state index < -0.39 is 0 Å². The molecule has 0 aromatic heterocycles. The average Bonchev–Trinajstić information content (AvgIpc) is 2.25. The predicted molar refractivity (Wildman–Crippen MR) is 64.1 cm³/mol. The highest BCUT2D eigenvalue weighted by Gasteiger charge is 2.38. The van der Waals surface area contributed by atoms with Gasteiger partial charge in [-0.1, -0.05) is 0 Å². The van der Waals surface area contributed by atoms with Crippen molar-refractivity contribution in [1.29, 1.82) is 0 Å². The molecule has 1 fully saturated rings. The van der Waals surface area contributed by atoms with E-state index in [-0.39, 0.29) is 24.0 Å². The van der Waals surface area contributed by atoms with Crippen molar-refractivity contribution in [3.05, 3.63) is 0 Å². The highest BCUT2D eigenvalue weighted by atomic mass is 16.3. The van der Waals surface area contributed by atoms with Crippen molar-refractivity contribution >= 4 is 5.91 Å². The molecule has 0 saturated carbocycles. The maximum absolute atomic E-state index is 12.4. The number of nitrogens with one attached hydrogen (secondary N) is 1. The lowest BCUT2D eigenvalue weighted by Crippen LogP contribution is -2.52. The second kappa shape index (κ2) is 5.64. The van der Waals surface area contributed by atoms with Crippen LogP contribution in [0.3, 0.4) is 0 Å². The molecule has 1 rings (SSSR count). The maximum atomic E-state index is 12.4. The molecule has 0 bridgehead atoms. The zero-order valence-corrected chi connectivity index (χ0v) is 10.6. The van der Waals surface area contributed by atoms with E-state index in [0.29, 0.717) is 6.54 Å². The van der Waals surface area contributed by atoms with E-state index in [1.807, 2.05) is 20.8 Å². The molecule has 0 spiro atoms. The Morgan fingerprint density at radius 2 is 2.25 bits per heavy atom. The van der Waals surface area contributed by atoms with Crippen LogP contribution in [0.15, 0.2) is 0 Å². The number of carbonyl (C=O) groups is 1. The molecule has 1 aliphatic heterocycles. The molecule has 1 heterocycles. The van der Waals surface area contributed by atoms with Gasteiger partial charge in [0.1, 0.15) is 0 Å². The summed E-state index contributed by atoms with van der Waals surface area (Å²) in [5, 5.41) is 12.3. The molecule has 0 aromatic rings. The highest BCUT2D eigenvalue weighted by molar-refractivity contribution is 5.83. The first-order chi connectivity index (χ1) is 7.51. The number of carbonyl (C=O) groups excluding carboxylic acids is 1. The minimum Gasteiger partial charge on any atom is -0.395 e. The van der Waals surface area contributed by atoms with Crippen molar-refractivity contribution in [3.8, 4) is 0 Å². The molecule has 0 radical (unpaired) electrons. The van der Waals surface area contributed by atoms with Crippen molar-refractivity contribution < 1.29 is 9.90 Å². The molecular formula is C12H24N2O2. The first-order valence-electron chi connectivity index (χ1n) is 6.14. The summed E-state index contributed by atoms with van der Waals surface area (Å²) in [5.41, 5.74) is -0.294. The second-order valence-corrected chi connectivity index (χ2v) is 5.16. The van der Waals surface area contributed by atoms with Gasteiger partial charge in [-0.2, -0.15) is 0 Å². The van der Waals surface area contributed by atoms with Crippen LogP contribution >= 0.6 is 0 Å². The van der Waals surface area contributed by atoms with Crippen LogP contribution in [0.5, 0.6) is 0 Å². The number of amides is 1. The number of rotatable bonds is 4. The number of nitrogens with zero attached hydrogens (tertiary/aromatic N) is 1. The molecule has 0 aliphatic carbocycles. The predicted octanol–water partition coefficient (Wildman–Crippen LogP) is 0.605. The maximum Gasteiger partial charge on any atom is 0.230 e. The van der Waals surface area contributed by atoms with Crippen LogP contribution in [0.1, 0.15) is 33.6 Å². The van der Waals surface area contributed by atoms with Gasteiger partial charge in [-0.3, -0.25) is 4.79 Å². The Kier molecular flexibility index (Phi) is 4.74. The summed E-state index contributed by atoms with van der Waals surface area (Å²) in [5.74, 6) is 0.170. The highest BCUT2D eigenvalue weighted by Crippen LogP contribution is 2.28. The van der Waals surface area contributed by atoms with E-state index in [9.17, 15) is 4.79 Å².